The second kappa shape index (κ2) is 8.17. The van der Waals surface area contributed by atoms with Crippen molar-refractivity contribution in [3.05, 3.63) is 46.8 Å². The molecule has 27 heavy (non-hydrogen) atoms. The van der Waals surface area contributed by atoms with E-state index in [1.807, 2.05) is 12.1 Å². The Morgan fingerprint density at radius 2 is 2.00 bits per heavy atom. The number of likely N-dealkylation sites (tertiary alicyclic amines) is 1. The molecule has 3 rings (SSSR count). The molecular formula is C20H22F3NO3. The van der Waals surface area contributed by atoms with Gasteiger partial charge in [-0.25, -0.2) is 4.39 Å². The van der Waals surface area contributed by atoms with E-state index in [1.54, 1.807) is 6.07 Å². The summed E-state index contributed by atoms with van der Waals surface area (Å²) in [6.07, 6.45) is -1.02. The first kappa shape index (κ1) is 19.5. The molecule has 1 aromatic rings. The van der Waals surface area contributed by atoms with Gasteiger partial charge in [0.15, 0.2) is 5.83 Å². The summed E-state index contributed by atoms with van der Waals surface area (Å²) < 4.78 is 42.3. The highest BCUT2D eigenvalue weighted by Gasteiger charge is 2.33. The third kappa shape index (κ3) is 4.53. The van der Waals surface area contributed by atoms with Crippen LogP contribution in [0.5, 0.6) is 5.75 Å². The van der Waals surface area contributed by atoms with E-state index in [0.29, 0.717) is 18.8 Å². The van der Waals surface area contributed by atoms with Crippen LogP contribution in [0.4, 0.5) is 13.2 Å². The van der Waals surface area contributed by atoms with Gasteiger partial charge in [-0.2, -0.15) is 8.78 Å². The Kier molecular flexibility index (Phi) is 5.89. The zero-order valence-electron chi connectivity index (χ0n) is 15.1. The first-order valence-electron chi connectivity index (χ1n) is 8.94. The summed E-state index contributed by atoms with van der Waals surface area (Å²) in [5.41, 5.74) is 4.74. The molecule has 146 valence electrons. The minimum absolute atomic E-state index is 0.137. The van der Waals surface area contributed by atoms with Crippen LogP contribution in [0.15, 0.2) is 35.7 Å². The van der Waals surface area contributed by atoms with Crippen molar-refractivity contribution >= 4 is 11.5 Å². The summed E-state index contributed by atoms with van der Waals surface area (Å²) in [7, 11) is 0. The Balaban J connectivity index is 1.61. The first-order chi connectivity index (χ1) is 12.8. The van der Waals surface area contributed by atoms with Crippen molar-refractivity contribution in [2.75, 3.05) is 26.2 Å². The van der Waals surface area contributed by atoms with Crippen LogP contribution < -0.4 is 4.74 Å². The molecule has 2 aliphatic rings. The van der Waals surface area contributed by atoms with E-state index in [9.17, 15) is 18.0 Å². The number of hydrogen-bond acceptors (Lipinski definition) is 3. The van der Waals surface area contributed by atoms with Crippen LogP contribution in [0.2, 0.25) is 0 Å². The zero-order valence-corrected chi connectivity index (χ0v) is 15.1. The van der Waals surface area contributed by atoms with Gasteiger partial charge in [-0.15, -0.1) is 0 Å². The fourth-order valence-corrected chi connectivity index (χ4v) is 3.57. The monoisotopic (exact) mass is 381 g/mol. The lowest BCUT2D eigenvalue weighted by Crippen LogP contribution is -2.50. The normalized spacial score (nSPS) is 17.3. The maximum atomic E-state index is 12.8. The van der Waals surface area contributed by atoms with Gasteiger partial charge in [-0.1, -0.05) is 11.6 Å². The van der Waals surface area contributed by atoms with Crippen molar-refractivity contribution < 1.29 is 27.8 Å². The Hall–Kier alpha value is -2.28. The Morgan fingerprint density at radius 1 is 1.26 bits per heavy atom. The molecule has 0 aromatic heterocycles. The predicted molar refractivity (Wildman–Crippen MR) is 95.4 cm³/mol. The third-order valence-electron chi connectivity index (χ3n) is 5.22. The van der Waals surface area contributed by atoms with E-state index < -0.39 is 24.3 Å². The van der Waals surface area contributed by atoms with Gasteiger partial charge in [0.05, 0.1) is 12.5 Å². The van der Waals surface area contributed by atoms with E-state index in [-0.39, 0.29) is 12.5 Å². The standard InChI is InChI=1S/C20H22F3NO3/c1-12-14(9-24-10-15(11-24)20(25)26)3-2-13-8-16(4-5-17(12)13)27-7-6-18(21)19(22)23/h4-5,8,15H,2-3,6-7,9-11H2,1H3,(H,25,26). The molecule has 1 aromatic carbocycles. The van der Waals surface area contributed by atoms with Crippen molar-refractivity contribution in [2.45, 2.75) is 26.2 Å². The smallest absolute Gasteiger partial charge is 0.309 e. The summed E-state index contributed by atoms with van der Waals surface area (Å²) in [4.78, 5) is 13.1. The molecule has 1 aliphatic heterocycles. The molecule has 1 saturated heterocycles. The molecule has 1 aliphatic carbocycles. The molecule has 0 bridgehead atoms. The van der Waals surface area contributed by atoms with Gasteiger partial charge in [0.25, 0.3) is 0 Å². The molecule has 0 saturated carbocycles. The number of nitrogens with zero attached hydrogens (tertiary/aromatic N) is 1. The number of halogens is 3. The average Bonchev–Trinajstić information content (AvgIpc) is 2.58. The van der Waals surface area contributed by atoms with E-state index in [1.165, 1.54) is 11.1 Å². The van der Waals surface area contributed by atoms with Gasteiger partial charge in [0, 0.05) is 26.1 Å². The lowest BCUT2D eigenvalue weighted by Gasteiger charge is -2.38. The number of aryl methyl sites for hydroxylation is 1. The maximum absolute atomic E-state index is 12.8. The van der Waals surface area contributed by atoms with Gasteiger partial charge >= 0.3 is 12.0 Å². The second-order valence-corrected chi connectivity index (χ2v) is 7.04. The first-order valence-corrected chi connectivity index (χ1v) is 8.94. The highest BCUT2D eigenvalue weighted by molar-refractivity contribution is 5.73. The molecule has 1 fully saturated rings. The largest absolute Gasteiger partial charge is 0.493 e. The molecule has 1 heterocycles. The van der Waals surface area contributed by atoms with Gasteiger partial charge < -0.3 is 9.84 Å². The fraction of sp³-hybridized carbons (Fsp3) is 0.450. The summed E-state index contributed by atoms with van der Waals surface area (Å²) in [5.74, 6) is -1.88. The average molecular weight is 381 g/mol. The number of ether oxygens (including phenoxy) is 1. The van der Waals surface area contributed by atoms with Crippen LogP contribution in [0, 0.1) is 5.92 Å². The number of carboxylic acid groups (broad SMARTS) is 1. The highest BCUT2D eigenvalue weighted by atomic mass is 19.3. The van der Waals surface area contributed by atoms with E-state index in [0.717, 1.165) is 30.5 Å². The number of hydrogen-bond donors (Lipinski definition) is 1. The van der Waals surface area contributed by atoms with Crippen molar-refractivity contribution in [3.8, 4) is 5.75 Å². The molecule has 4 nitrogen and oxygen atoms in total. The summed E-state index contributed by atoms with van der Waals surface area (Å²) in [6, 6.07) is 5.59. The summed E-state index contributed by atoms with van der Waals surface area (Å²) in [6.45, 7) is 3.90. The van der Waals surface area contributed by atoms with Gasteiger partial charge in [-0.3, -0.25) is 9.69 Å². The lowest BCUT2D eigenvalue weighted by atomic mass is 9.85. The van der Waals surface area contributed by atoms with Crippen LogP contribution in [0.3, 0.4) is 0 Å². The quantitative estimate of drug-likeness (QED) is 0.766. The van der Waals surface area contributed by atoms with Gasteiger partial charge in [-0.05, 0) is 48.6 Å². The van der Waals surface area contributed by atoms with Gasteiger partial charge in [0.2, 0.25) is 0 Å². The summed E-state index contributed by atoms with van der Waals surface area (Å²) in [5, 5.41) is 8.97. The third-order valence-corrected chi connectivity index (χ3v) is 5.22. The SMILES string of the molecule is CC1=C(CN2CC(C(=O)O)C2)CCc2cc(OCCC(F)=C(F)F)ccc21. The number of allylic oxidation sites excluding steroid dienone is 1. The molecule has 0 spiro atoms. The van der Waals surface area contributed by atoms with Crippen molar-refractivity contribution in [2.24, 2.45) is 5.92 Å². The van der Waals surface area contributed by atoms with E-state index in [4.69, 9.17) is 9.84 Å². The number of fused-ring (bicyclic) bond motifs is 1. The second-order valence-electron chi connectivity index (χ2n) is 7.04. The number of carbonyl (C=O) groups is 1. The molecule has 0 amide bonds. The van der Waals surface area contributed by atoms with Crippen LogP contribution in [-0.2, 0) is 11.2 Å². The molecule has 0 atom stereocenters. The highest BCUT2D eigenvalue weighted by Crippen LogP contribution is 2.34. The maximum Gasteiger partial charge on any atom is 0.309 e. The van der Waals surface area contributed by atoms with Gasteiger partial charge in [0.1, 0.15) is 5.75 Å². The zero-order chi connectivity index (χ0) is 19.6. The molecule has 0 unspecified atom stereocenters. The number of carboxylic acids is 1. The van der Waals surface area contributed by atoms with Crippen LogP contribution in [0.25, 0.3) is 5.57 Å². The molecular weight excluding hydrogens is 359 g/mol. The Labute approximate surface area is 155 Å². The number of rotatable bonds is 7. The number of aliphatic carboxylic acids is 1. The van der Waals surface area contributed by atoms with Crippen LogP contribution in [-0.4, -0.2) is 42.2 Å². The topological polar surface area (TPSA) is 49.8 Å². The lowest BCUT2D eigenvalue weighted by molar-refractivity contribution is -0.147. The van der Waals surface area contributed by atoms with Crippen LogP contribution >= 0.6 is 0 Å². The summed E-state index contributed by atoms with van der Waals surface area (Å²) >= 11 is 0. The van der Waals surface area contributed by atoms with Crippen LogP contribution in [0.1, 0.15) is 30.9 Å². The number of benzene rings is 1. The van der Waals surface area contributed by atoms with Crippen molar-refractivity contribution in [3.63, 3.8) is 0 Å². The van der Waals surface area contributed by atoms with Crippen molar-refractivity contribution in [1.82, 2.24) is 4.90 Å². The molecule has 0 radical (unpaired) electrons. The van der Waals surface area contributed by atoms with E-state index >= 15 is 0 Å². The minimum Gasteiger partial charge on any atom is -0.493 e. The Morgan fingerprint density at radius 3 is 2.67 bits per heavy atom. The minimum atomic E-state index is -2.30. The predicted octanol–water partition coefficient (Wildman–Crippen LogP) is 4.27. The molecule has 1 N–H and O–H groups in total. The van der Waals surface area contributed by atoms with Crippen molar-refractivity contribution in [1.29, 1.82) is 0 Å². The Bertz CT molecular complexity index is 794. The molecule has 7 heteroatoms. The van der Waals surface area contributed by atoms with E-state index in [2.05, 4.69) is 11.8 Å². The fourth-order valence-electron chi connectivity index (χ4n) is 3.57.